The largest absolute Gasteiger partial charge is 0.508 e. The van der Waals surface area contributed by atoms with E-state index in [1.807, 2.05) is 66.8 Å². The van der Waals surface area contributed by atoms with Crippen molar-refractivity contribution in [3.8, 4) is 27.8 Å². The number of hydrogen-bond acceptors (Lipinski definition) is 9. The Labute approximate surface area is 351 Å². The summed E-state index contributed by atoms with van der Waals surface area (Å²) in [5, 5.41) is 27.1. The molecule has 292 valence electrons. The van der Waals surface area contributed by atoms with Crippen LogP contribution in [0.4, 0.5) is 5.82 Å². The highest BCUT2D eigenvalue weighted by atomic mass is 127. The highest BCUT2D eigenvalue weighted by Crippen LogP contribution is 2.64. The molecule has 4 aliphatic rings. The number of imide groups is 2. The maximum Gasteiger partial charge on any atom is 0.242 e. The number of nitrogens with zero attached hydrogens (tertiary/aromatic N) is 4. The molecule has 2 saturated heterocycles. The summed E-state index contributed by atoms with van der Waals surface area (Å²) in [7, 11) is 3.18. The summed E-state index contributed by atoms with van der Waals surface area (Å²) in [6.45, 7) is 4.03. The Balaban J connectivity index is 1.12. The second-order valence-electron chi connectivity index (χ2n) is 15.7. The van der Waals surface area contributed by atoms with Crippen LogP contribution in [0.25, 0.3) is 20.7 Å². The van der Waals surface area contributed by atoms with Crippen molar-refractivity contribution in [2.24, 2.45) is 36.1 Å². The van der Waals surface area contributed by atoms with Crippen LogP contribution in [0.1, 0.15) is 42.4 Å². The fourth-order valence-electron chi connectivity index (χ4n) is 9.93. The lowest BCUT2D eigenvalue weighted by molar-refractivity contribution is -0.140. The van der Waals surface area contributed by atoms with Gasteiger partial charge in [-0.15, -0.1) is 11.3 Å². The number of phenols is 2. The van der Waals surface area contributed by atoms with Crippen LogP contribution in [-0.4, -0.2) is 62.2 Å². The predicted octanol–water partition coefficient (Wildman–Crippen LogP) is 7.76. The lowest BCUT2D eigenvalue weighted by Gasteiger charge is -2.49. The normalized spacial score (nSPS) is 25.6. The smallest absolute Gasteiger partial charge is 0.242 e. The van der Waals surface area contributed by atoms with Crippen molar-refractivity contribution in [2.75, 3.05) is 18.6 Å². The van der Waals surface area contributed by atoms with Crippen LogP contribution in [-0.2, 0) is 32.6 Å². The van der Waals surface area contributed by atoms with E-state index >= 15 is 4.79 Å². The van der Waals surface area contributed by atoms with Crippen LogP contribution < -0.4 is 9.64 Å². The van der Waals surface area contributed by atoms with E-state index in [9.17, 15) is 24.6 Å². The third-order valence-corrected chi connectivity index (χ3v) is 15.1. The Morgan fingerprint density at radius 3 is 2.49 bits per heavy atom. The second-order valence-corrected chi connectivity index (χ2v) is 18.3. The Kier molecular flexibility index (Phi) is 9.09. The van der Waals surface area contributed by atoms with E-state index in [1.54, 1.807) is 59.5 Å². The van der Waals surface area contributed by atoms with Gasteiger partial charge in [0.25, 0.3) is 0 Å². The minimum atomic E-state index is -1.30. The number of aromatic nitrogens is 2. The average molecular weight is 917 g/mol. The standard InChI is InChI=1S/C43H38ClIN4O7S/c1-20-27-17-23(44)7-12-33(27)57-38(20)31-19-34(47(3)46-31)49-40(53)29-18-28-25(36(43(29,2)42(49)55)22-15-30(45)37(51)32(16-22)56-4)10-11-26-35(28)41(54)48(39(26)52)14-13-21-5-8-24(50)9-6-21/h5-10,12,15-17,19,26,28-29,35-36,50-51H,11,13-14,18H2,1-4H3. The summed E-state index contributed by atoms with van der Waals surface area (Å²) >= 11 is 9.92. The van der Waals surface area contributed by atoms with Crippen LogP contribution >= 0.6 is 45.5 Å². The number of aromatic hydroxyl groups is 2. The van der Waals surface area contributed by atoms with E-state index in [0.717, 1.165) is 31.7 Å². The highest BCUT2D eigenvalue weighted by molar-refractivity contribution is 14.1. The van der Waals surface area contributed by atoms with Gasteiger partial charge in [0.2, 0.25) is 23.6 Å². The second kappa shape index (κ2) is 13.7. The van der Waals surface area contributed by atoms with Gasteiger partial charge in [0.15, 0.2) is 11.5 Å². The summed E-state index contributed by atoms with van der Waals surface area (Å²) in [4.78, 5) is 62.1. The third-order valence-electron chi connectivity index (χ3n) is 12.7. The van der Waals surface area contributed by atoms with Gasteiger partial charge < -0.3 is 14.9 Å². The topological polar surface area (TPSA) is 142 Å². The molecule has 2 aliphatic heterocycles. The quantitative estimate of drug-likeness (QED) is 0.0960. The van der Waals surface area contributed by atoms with Gasteiger partial charge in [-0.25, -0.2) is 4.90 Å². The number of carbonyl (C=O) groups excluding carboxylic acids is 4. The summed E-state index contributed by atoms with van der Waals surface area (Å²) in [5.41, 5.74) is 2.72. The van der Waals surface area contributed by atoms with E-state index in [-0.39, 0.29) is 53.8 Å². The number of rotatable bonds is 7. The van der Waals surface area contributed by atoms with Crippen molar-refractivity contribution >= 4 is 85.1 Å². The number of thiophene rings is 1. The molecule has 3 fully saturated rings. The number of ether oxygens (including phenoxy) is 1. The van der Waals surface area contributed by atoms with Gasteiger partial charge in [0.1, 0.15) is 17.3 Å². The molecule has 6 unspecified atom stereocenters. The molecule has 0 spiro atoms. The number of benzene rings is 3. The number of allylic oxidation sites excluding steroid dienone is 2. The molecule has 3 aromatic carbocycles. The number of phenolic OH excluding ortho intramolecular Hbond substituents is 2. The first-order chi connectivity index (χ1) is 27.2. The number of amides is 4. The lowest BCUT2D eigenvalue weighted by atomic mass is 9.51. The first kappa shape index (κ1) is 37.8. The van der Waals surface area contributed by atoms with Crippen LogP contribution in [0.5, 0.6) is 17.2 Å². The molecule has 1 saturated carbocycles. The van der Waals surface area contributed by atoms with Crippen molar-refractivity contribution < 1.29 is 34.1 Å². The molecule has 2 aromatic heterocycles. The zero-order chi connectivity index (χ0) is 40.2. The molecule has 0 bridgehead atoms. The molecule has 6 atom stereocenters. The first-order valence-electron chi connectivity index (χ1n) is 18.7. The maximum absolute atomic E-state index is 15.2. The Morgan fingerprint density at radius 1 is 1.00 bits per heavy atom. The number of anilines is 1. The molecule has 0 radical (unpaired) electrons. The van der Waals surface area contributed by atoms with Gasteiger partial charge in [-0.1, -0.05) is 35.4 Å². The first-order valence-corrected chi connectivity index (χ1v) is 21.0. The minimum absolute atomic E-state index is 0.0360. The van der Waals surface area contributed by atoms with Gasteiger partial charge in [-0.05, 0) is 126 Å². The summed E-state index contributed by atoms with van der Waals surface area (Å²) in [6.07, 6.45) is 2.97. The zero-order valence-electron chi connectivity index (χ0n) is 31.5. The van der Waals surface area contributed by atoms with Crippen LogP contribution in [0, 0.1) is 39.6 Å². The molecule has 9 rings (SSSR count). The van der Waals surface area contributed by atoms with Gasteiger partial charge in [-0.2, -0.15) is 5.10 Å². The maximum atomic E-state index is 15.2. The number of aryl methyl sites for hydroxylation is 2. The van der Waals surface area contributed by atoms with Crippen molar-refractivity contribution in [1.29, 1.82) is 0 Å². The molecule has 2 aliphatic carbocycles. The number of methoxy groups -OCH3 is 1. The number of carbonyl (C=O) groups is 4. The van der Waals surface area contributed by atoms with Crippen molar-refractivity contribution in [3.63, 3.8) is 0 Å². The zero-order valence-corrected chi connectivity index (χ0v) is 35.2. The highest BCUT2D eigenvalue weighted by Gasteiger charge is 2.68. The minimum Gasteiger partial charge on any atom is -0.508 e. The van der Waals surface area contributed by atoms with E-state index in [1.165, 1.54) is 16.9 Å². The number of halogens is 2. The molecular weight excluding hydrogens is 879 g/mol. The molecule has 14 heteroatoms. The summed E-state index contributed by atoms with van der Waals surface area (Å²) in [5.74, 6) is -3.92. The van der Waals surface area contributed by atoms with Crippen molar-refractivity contribution in [1.82, 2.24) is 14.7 Å². The number of fused-ring (bicyclic) bond motifs is 5. The lowest BCUT2D eigenvalue weighted by Crippen LogP contribution is -2.49. The summed E-state index contributed by atoms with van der Waals surface area (Å²) in [6, 6.07) is 17.7. The molecule has 11 nitrogen and oxygen atoms in total. The fourth-order valence-corrected chi connectivity index (χ4v) is 11.9. The molecule has 57 heavy (non-hydrogen) atoms. The van der Waals surface area contributed by atoms with Crippen LogP contribution in [0.3, 0.4) is 0 Å². The summed E-state index contributed by atoms with van der Waals surface area (Å²) < 4.78 is 8.70. The van der Waals surface area contributed by atoms with E-state index in [2.05, 4.69) is 0 Å². The molecular formula is C43H38ClIN4O7S. The number of hydrogen-bond donors (Lipinski definition) is 2. The van der Waals surface area contributed by atoms with Crippen molar-refractivity contribution in [3.05, 3.63) is 97.6 Å². The Morgan fingerprint density at radius 2 is 1.75 bits per heavy atom. The van der Waals surface area contributed by atoms with Crippen LogP contribution in [0.2, 0.25) is 5.02 Å². The molecule has 4 amide bonds. The van der Waals surface area contributed by atoms with E-state index in [0.29, 0.717) is 38.5 Å². The molecule has 5 aromatic rings. The molecule has 2 N–H and O–H groups in total. The van der Waals surface area contributed by atoms with E-state index < -0.39 is 35.0 Å². The Bertz CT molecular complexity index is 2600. The monoisotopic (exact) mass is 916 g/mol. The SMILES string of the molecule is COc1cc(C2C3=CCC4C(=O)N(CCc5ccc(O)cc5)C(=O)C4C3CC3C(=O)N(c4cc(-c5sc6ccc(Cl)cc6c5C)nn4C)C(=O)C32C)cc(I)c1O. The van der Waals surface area contributed by atoms with Gasteiger partial charge >= 0.3 is 0 Å². The predicted molar refractivity (Wildman–Crippen MR) is 224 cm³/mol. The third kappa shape index (κ3) is 5.66. The van der Waals surface area contributed by atoms with Crippen molar-refractivity contribution in [2.45, 2.75) is 39.0 Å². The van der Waals surface area contributed by atoms with Gasteiger partial charge in [-0.3, -0.25) is 28.8 Å². The fraction of sp³-hybridized carbons (Fsp3) is 0.326. The van der Waals surface area contributed by atoms with E-state index in [4.69, 9.17) is 21.4 Å². The van der Waals surface area contributed by atoms with Gasteiger partial charge in [0, 0.05) is 35.3 Å². The van der Waals surface area contributed by atoms with Crippen LogP contribution in [0.15, 0.2) is 72.3 Å². The molecule has 4 heterocycles. The Hall–Kier alpha value is -4.73. The van der Waals surface area contributed by atoms with Gasteiger partial charge in [0.05, 0.1) is 38.7 Å². The average Bonchev–Trinajstić information content (AvgIpc) is 3.85. The number of likely N-dealkylation sites (tertiary alicyclic amines) is 1.